The maximum absolute atomic E-state index is 12.2. The van der Waals surface area contributed by atoms with Gasteiger partial charge in [-0.15, -0.1) is 10.2 Å². The Morgan fingerprint density at radius 2 is 1.96 bits per heavy atom. The van der Waals surface area contributed by atoms with Crippen LogP contribution in [0.1, 0.15) is 40.0 Å². The molecule has 27 heavy (non-hydrogen) atoms. The van der Waals surface area contributed by atoms with Crippen LogP contribution in [-0.2, 0) is 11.8 Å². The van der Waals surface area contributed by atoms with Crippen molar-refractivity contribution >= 4 is 17.7 Å². The highest BCUT2D eigenvalue weighted by molar-refractivity contribution is 7.99. The van der Waals surface area contributed by atoms with Crippen molar-refractivity contribution in [2.24, 2.45) is 13.0 Å². The number of nitrogens with one attached hydrogen (secondary N) is 1. The number of benzene rings is 1. The molecule has 1 unspecified atom stereocenters. The van der Waals surface area contributed by atoms with E-state index in [9.17, 15) is 4.79 Å². The molecule has 0 fully saturated rings. The molecule has 2 rings (SSSR count). The summed E-state index contributed by atoms with van der Waals surface area (Å²) in [4.78, 5) is 12.2. The number of ether oxygens (including phenoxy) is 1. The number of para-hydroxylation sites is 1. The van der Waals surface area contributed by atoms with Crippen LogP contribution in [0.3, 0.4) is 0 Å². The van der Waals surface area contributed by atoms with Gasteiger partial charge in [-0.3, -0.25) is 4.79 Å². The van der Waals surface area contributed by atoms with E-state index in [0.29, 0.717) is 16.8 Å². The van der Waals surface area contributed by atoms with Crippen molar-refractivity contribution in [1.82, 2.24) is 20.1 Å². The molecular formula is C20H30N4O2S. The van der Waals surface area contributed by atoms with Gasteiger partial charge < -0.3 is 14.6 Å². The predicted molar refractivity (Wildman–Crippen MR) is 110 cm³/mol. The summed E-state index contributed by atoms with van der Waals surface area (Å²) in [7, 11) is 3.54. The molecule has 1 aromatic heterocycles. The molecule has 0 bridgehead atoms. The Balaban J connectivity index is 1.90. The third-order valence-electron chi connectivity index (χ3n) is 4.34. The number of hydrogen-bond acceptors (Lipinski definition) is 5. The Morgan fingerprint density at radius 1 is 1.22 bits per heavy atom. The highest BCUT2D eigenvalue weighted by Gasteiger charge is 2.16. The smallest absolute Gasteiger partial charge is 0.230 e. The lowest BCUT2D eigenvalue weighted by Gasteiger charge is -2.14. The Labute approximate surface area is 166 Å². The van der Waals surface area contributed by atoms with Gasteiger partial charge >= 0.3 is 0 Å². The van der Waals surface area contributed by atoms with Crippen molar-refractivity contribution in [1.29, 1.82) is 0 Å². The van der Waals surface area contributed by atoms with Crippen LogP contribution in [0.2, 0.25) is 0 Å². The molecule has 0 aliphatic rings. The monoisotopic (exact) mass is 390 g/mol. The molecule has 1 amide bonds. The number of carbonyl (C=O) groups is 1. The molecule has 6 nitrogen and oxygen atoms in total. The molecule has 0 aliphatic heterocycles. The molecule has 0 spiro atoms. The van der Waals surface area contributed by atoms with Crippen LogP contribution in [0.5, 0.6) is 5.75 Å². The minimum absolute atomic E-state index is 0.0267. The summed E-state index contributed by atoms with van der Waals surface area (Å²) in [5.74, 6) is 2.53. The Hall–Kier alpha value is -2.02. The van der Waals surface area contributed by atoms with Crippen LogP contribution >= 0.6 is 11.8 Å². The Kier molecular flexibility index (Phi) is 8.16. The van der Waals surface area contributed by atoms with Gasteiger partial charge in [-0.05, 0) is 31.4 Å². The summed E-state index contributed by atoms with van der Waals surface area (Å²) >= 11 is 1.39. The number of rotatable bonds is 10. The van der Waals surface area contributed by atoms with Gasteiger partial charge in [0.2, 0.25) is 5.91 Å². The number of hydrogen-bond donors (Lipinski definition) is 1. The molecule has 1 N–H and O–H groups in total. The van der Waals surface area contributed by atoms with Gasteiger partial charge in [0.1, 0.15) is 5.75 Å². The number of nitrogens with zero attached hydrogens (tertiary/aromatic N) is 3. The zero-order valence-corrected chi connectivity index (χ0v) is 17.7. The lowest BCUT2D eigenvalue weighted by molar-refractivity contribution is -0.119. The lowest BCUT2D eigenvalue weighted by atomic mass is 10.0. The highest BCUT2D eigenvalue weighted by atomic mass is 32.2. The summed E-state index contributed by atoms with van der Waals surface area (Å²) in [6.07, 6.45) is 3.34. The van der Waals surface area contributed by atoms with Crippen LogP contribution in [0.15, 0.2) is 29.4 Å². The first kappa shape index (κ1) is 21.3. The largest absolute Gasteiger partial charge is 0.496 e. The van der Waals surface area contributed by atoms with Crippen molar-refractivity contribution in [2.75, 3.05) is 12.9 Å². The molecule has 0 saturated heterocycles. The van der Waals surface area contributed by atoms with E-state index < -0.39 is 0 Å². The zero-order chi connectivity index (χ0) is 19.8. The van der Waals surface area contributed by atoms with Gasteiger partial charge in [0.05, 0.1) is 18.4 Å². The van der Waals surface area contributed by atoms with Gasteiger partial charge in [0.25, 0.3) is 0 Å². The quantitative estimate of drug-likeness (QED) is 0.623. The predicted octanol–water partition coefficient (Wildman–Crippen LogP) is 3.91. The SMILES string of the molecule is COc1ccccc1-c1nnc(SCC(=O)NC(C)CCCC(C)C)n1C. The van der Waals surface area contributed by atoms with Gasteiger partial charge in [-0.25, -0.2) is 0 Å². The number of amides is 1. The number of aromatic nitrogens is 3. The first-order valence-electron chi connectivity index (χ1n) is 9.37. The van der Waals surface area contributed by atoms with E-state index in [-0.39, 0.29) is 11.9 Å². The van der Waals surface area contributed by atoms with Crippen molar-refractivity contribution < 1.29 is 9.53 Å². The Bertz CT molecular complexity index is 745. The maximum Gasteiger partial charge on any atom is 0.230 e. The molecule has 0 radical (unpaired) electrons. The van der Waals surface area contributed by atoms with E-state index in [4.69, 9.17) is 4.74 Å². The third kappa shape index (κ3) is 6.27. The second-order valence-electron chi connectivity index (χ2n) is 7.15. The van der Waals surface area contributed by atoms with Crippen LogP contribution in [0, 0.1) is 5.92 Å². The number of methoxy groups -OCH3 is 1. The second-order valence-corrected chi connectivity index (χ2v) is 8.09. The molecule has 0 saturated carbocycles. The van der Waals surface area contributed by atoms with Gasteiger partial charge in [-0.2, -0.15) is 0 Å². The zero-order valence-electron chi connectivity index (χ0n) is 16.9. The fraction of sp³-hybridized carbons (Fsp3) is 0.550. The van der Waals surface area contributed by atoms with E-state index >= 15 is 0 Å². The van der Waals surface area contributed by atoms with Gasteiger partial charge in [0.15, 0.2) is 11.0 Å². The first-order chi connectivity index (χ1) is 12.9. The van der Waals surface area contributed by atoms with Crippen LogP contribution in [0.25, 0.3) is 11.4 Å². The van der Waals surface area contributed by atoms with Crippen LogP contribution < -0.4 is 10.1 Å². The minimum Gasteiger partial charge on any atom is -0.496 e. The standard InChI is InChI=1S/C20H30N4O2S/c1-14(2)9-8-10-15(3)21-18(25)13-27-20-23-22-19(24(20)4)16-11-6-7-12-17(16)26-5/h6-7,11-12,14-15H,8-10,13H2,1-5H3,(H,21,25). The van der Waals surface area contributed by atoms with Crippen LogP contribution in [-0.4, -0.2) is 39.6 Å². The average molecular weight is 391 g/mol. The molecular weight excluding hydrogens is 360 g/mol. The summed E-state index contributed by atoms with van der Waals surface area (Å²) in [5.41, 5.74) is 0.880. The van der Waals surface area contributed by atoms with E-state index in [0.717, 1.165) is 30.0 Å². The molecule has 1 heterocycles. The summed E-state index contributed by atoms with van der Waals surface area (Å²) in [6, 6.07) is 7.89. The molecule has 7 heteroatoms. The summed E-state index contributed by atoms with van der Waals surface area (Å²) in [5, 5.41) is 12.3. The average Bonchev–Trinajstić information content (AvgIpc) is 3.00. The number of thioether (sulfide) groups is 1. The minimum atomic E-state index is 0.0267. The second kappa shape index (κ2) is 10.3. The molecule has 1 atom stereocenters. The normalized spacial score (nSPS) is 12.2. The van der Waals surface area contributed by atoms with E-state index in [1.165, 1.54) is 18.2 Å². The molecule has 2 aromatic rings. The van der Waals surface area contributed by atoms with Crippen molar-refractivity contribution in [3.8, 4) is 17.1 Å². The van der Waals surface area contributed by atoms with E-state index in [1.54, 1.807) is 7.11 Å². The highest BCUT2D eigenvalue weighted by Crippen LogP contribution is 2.29. The van der Waals surface area contributed by atoms with Crippen LogP contribution in [0.4, 0.5) is 0 Å². The van der Waals surface area contributed by atoms with E-state index in [1.807, 2.05) is 35.9 Å². The fourth-order valence-electron chi connectivity index (χ4n) is 2.86. The third-order valence-corrected chi connectivity index (χ3v) is 5.36. The maximum atomic E-state index is 12.2. The number of carbonyl (C=O) groups excluding carboxylic acids is 1. The van der Waals surface area contributed by atoms with Crippen molar-refractivity contribution in [3.05, 3.63) is 24.3 Å². The summed E-state index contributed by atoms with van der Waals surface area (Å²) < 4.78 is 7.29. The van der Waals surface area contributed by atoms with Crippen molar-refractivity contribution in [3.63, 3.8) is 0 Å². The van der Waals surface area contributed by atoms with Gasteiger partial charge in [-0.1, -0.05) is 50.6 Å². The fourth-order valence-corrected chi connectivity index (χ4v) is 3.58. The summed E-state index contributed by atoms with van der Waals surface area (Å²) in [6.45, 7) is 6.51. The van der Waals surface area contributed by atoms with Gasteiger partial charge in [0, 0.05) is 13.1 Å². The Morgan fingerprint density at radius 3 is 2.67 bits per heavy atom. The molecule has 148 valence electrons. The molecule has 1 aromatic carbocycles. The topological polar surface area (TPSA) is 69.0 Å². The van der Waals surface area contributed by atoms with E-state index in [2.05, 4.69) is 36.3 Å². The van der Waals surface area contributed by atoms with Crippen molar-refractivity contribution in [2.45, 2.75) is 51.2 Å². The lowest BCUT2D eigenvalue weighted by Crippen LogP contribution is -2.33. The first-order valence-corrected chi connectivity index (χ1v) is 10.4. The molecule has 0 aliphatic carbocycles.